The maximum Gasteiger partial charge on any atom is 0.303 e. The molecular formula is C25H21BrClN3O4. The molecule has 0 saturated heterocycles. The van der Waals surface area contributed by atoms with E-state index in [1.807, 2.05) is 6.07 Å². The lowest BCUT2D eigenvalue weighted by molar-refractivity contribution is -0.137. The molecule has 1 aliphatic rings. The number of hydrogen-bond donors (Lipinski definition) is 2. The molecule has 7 nitrogen and oxygen atoms in total. The van der Waals surface area contributed by atoms with E-state index in [9.17, 15) is 19.5 Å². The van der Waals surface area contributed by atoms with Gasteiger partial charge >= 0.3 is 5.97 Å². The molecule has 174 valence electrons. The topological polar surface area (TPSA) is 99.6 Å². The first-order valence-corrected chi connectivity index (χ1v) is 11.9. The highest BCUT2D eigenvalue weighted by Crippen LogP contribution is 2.38. The number of carbonyl (C=O) groups is 3. The number of carboxylic acids is 1. The molecule has 4 rings (SSSR count). The van der Waals surface area contributed by atoms with Crippen molar-refractivity contribution in [2.24, 2.45) is 0 Å². The van der Waals surface area contributed by atoms with E-state index in [0.29, 0.717) is 51.5 Å². The number of rotatable bonds is 5. The first-order valence-electron chi connectivity index (χ1n) is 10.7. The standard InChI is InChI=1S/C25H21BrClN3O4/c26-20-6-2-1-5-18(20)24(33)29-22-10-7-16(14-28-22)25(34)30-11-3-4-15(12-23(31)32)19-13-17(27)8-9-21(19)30/h1-2,5-10,13-15H,3-4,11-12H2,(H,31,32)(H,28,29,33). The SMILES string of the molecule is O=C(O)CC1CCCN(C(=O)c2ccc(NC(=O)c3ccccc3Br)nc2)c2ccc(Cl)cc21. The Balaban J connectivity index is 1.56. The minimum atomic E-state index is -0.889. The molecule has 1 unspecified atom stereocenters. The molecule has 0 spiro atoms. The Hall–Kier alpha value is -3.23. The molecule has 2 amide bonds. The van der Waals surface area contributed by atoms with E-state index < -0.39 is 5.97 Å². The van der Waals surface area contributed by atoms with Crippen LogP contribution >= 0.6 is 27.5 Å². The second kappa shape index (κ2) is 10.4. The van der Waals surface area contributed by atoms with Crippen molar-refractivity contribution in [3.63, 3.8) is 0 Å². The zero-order chi connectivity index (χ0) is 24.2. The van der Waals surface area contributed by atoms with Crippen molar-refractivity contribution in [2.75, 3.05) is 16.8 Å². The van der Waals surface area contributed by atoms with Crippen LogP contribution in [-0.2, 0) is 4.79 Å². The average Bonchev–Trinajstić information content (AvgIpc) is 2.98. The van der Waals surface area contributed by atoms with Gasteiger partial charge in [-0.15, -0.1) is 0 Å². The Kier molecular flexibility index (Phi) is 7.29. The molecule has 0 fully saturated rings. The lowest BCUT2D eigenvalue weighted by Gasteiger charge is -2.24. The summed E-state index contributed by atoms with van der Waals surface area (Å²) in [4.78, 5) is 43.1. The van der Waals surface area contributed by atoms with Gasteiger partial charge in [0.05, 0.1) is 17.5 Å². The van der Waals surface area contributed by atoms with Gasteiger partial charge in [-0.25, -0.2) is 4.98 Å². The molecule has 34 heavy (non-hydrogen) atoms. The molecule has 0 saturated carbocycles. The summed E-state index contributed by atoms with van der Waals surface area (Å²) in [7, 11) is 0. The molecule has 2 aromatic carbocycles. The molecule has 2 heterocycles. The van der Waals surface area contributed by atoms with Crippen molar-refractivity contribution in [3.8, 4) is 0 Å². The number of aromatic nitrogens is 1. The van der Waals surface area contributed by atoms with Gasteiger partial charge < -0.3 is 15.3 Å². The number of nitrogens with one attached hydrogen (secondary N) is 1. The quantitative estimate of drug-likeness (QED) is 0.428. The van der Waals surface area contributed by atoms with Gasteiger partial charge in [0.25, 0.3) is 11.8 Å². The summed E-state index contributed by atoms with van der Waals surface area (Å²) < 4.78 is 0.667. The fraction of sp³-hybridized carbons (Fsp3) is 0.200. The summed E-state index contributed by atoms with van der Waals surface area (Å²) in [5, 5.41) is 12.5. The van der Waals surface area contributed by atoms with E-state index in [-0.39, 0.29) is 24.2 Å². The van der Waals surface area contributed by atoms with Crippen molar-refractivity contribution >= 4 is 56.8 Å². The molecule has 0 bridgehead atoms. The molecule has 0 aliphatic carbocycles. The summed E-state index contributed by atoms with van der Waals surface area (Å²) in [5.74, 6) is -1.36. The van der Waals surface area contributed by atoms with Crippen LogP contribution in [0.15, 0.2) is 65.3 Å². The number of halogens is 2. The number of anilines is 2. The number of hydrogen-bond acceptors (Lipinski definition) is 4. The normalized spacial score (nSPS) is 15.2. The third kappa shape index (κ3) is 5.29. The minimum absolute atomic E-state index is 0.0249. The van der Waals surface area contributed by atoms with Crippen LogP contribution in [-0.4, -0.2) is 34.4 Å². The minimum Gasteiger partial charge on any atom is -0.481 e. The van der Waals surface area contributed by atoms with Crippen LogP contribution < -0.4 is 10.2 Å². The van der Waals surface area contributed by atoms with Crippen LogP contribution in [0.1, 0.15) is 51.5 Å². The molecule has 1 atom stereocenters. The number of carbonyl (C=O) groups excluding carboxylic acids is 2. The predicted octanol–water partition coefficient (Wildman–Crippen LogP) is 5.75. The summed E-state index contributed by atoms with van der Waals surface area (Å²) in [6.07, 6.45) is 2.70. The predicted molar refractivity (Wildman–Crippen MR) is 134 cm³/mol. The van der Waals surface area contributed by atoms with Crippen LogP contribution in [0.4, 0.5) is 11.5 Å². The summed E-state index contributed by atoms with van der Waals surface area (Å²) in [5.41, 5.74) is 2.24. The van der Waals surface area contributed by atoms with E-state index in [1.165, 1.54) is 6.20 Å². The Labute approximate surface area is 209 Å². The largest absolute Gasteiger partial charge is 0.481 e. The monoisotopic (exact) mass is 541 g/mol. The van der Waals surface area contributed by atoms with Crippen molar-refractivity contribution < 1.29 is 19.5 Å². The molecule has 3 aromatic rings. The Morgan fingerprint density at radius 2 is 1.94 bits per heavy atom. The van der Waals surface area contributed by atoms with Crippen LogP contribution in [0, 0.1) is 0 Å². The number of pyridine rings is 1. The molecular weight excluding hydrogens is 522 g/mol. The fourth-order valence-electron chi connectivity index (χ4n) is 4.08. The zero-order valence-electron chi connectivity index (χ0n) is 18.0. The van der Waals surface area contributed by atoms with Gasteiger partial charge in [0.2, 0.25) is 0 Å². The number of nitrogens with zero attached hydrogens (tertiary/aromatic N) is 2. The Morgan fingerprint density at radius 1 is 1.15 bits per heavy atom. The maximum absolute atomic E-state index is 13.4. The molecule has 9 heteroatoms. The first kappa shape index (κ1) is 23.9. The smallest absolute Gasteiger partial charge is 0.303 e. The van der Waals surface area contributed by atoms with E-state index in [0.717, 1.165) is 5.56 Å². The van der Waals surface area contributed by atoms with Crippen molar-refractivity contribution in [2.45, 2.75) is 25.2 Å². The van der Waals surface area contributed by atoms with Crippen molar-refractivity contribution in [3.05, 3.63) is 87.0 Å². The highest BCUT2D eigenvalue weighted by Gasteiger charge is 2.29. The zero-order valence-corrected chi connectivity index (χ0v) is 20.3. The average molecular weight is 543 g/mol. The summed E-state index contributed by atoms with van der Waals surface area (Å²) >= 11 is 9.54. The van der Waals surface area contributed by atoms with Gasteiger partial charge in [0.1, 0.15) is 5.82 Å². The lowest BCUT2D eigenvalue weighted by Crippen LogP contribution is -2.32. The Bertz CT molecular complexity index is 1250. The number of amides is 2. The van der Waals surface area contributed by atoms with E-state index in [1.54, 1.807) is 53.4 Å². The van der Waals surface area contributed by atoms with E-state index in [2.05, 4.69) is 26.2 Å². The second-order valence-electron chi connectivity index (χ2n) is 7.96. The number of benzene rings is 2. The summed E-state index contributed by atoms with van der Waals surface area (Å²) in [6.45, 7) is 0.449. The van der Waals surface area contributed by atoms with Gasteiger partial charge in [-0.1, -0.05) is 23.7 Å². The van der Waals surface area contributed by atoms with Gasteiger partial charge in [-0.3, -0.25) is 14.4 Å². The van der Waals surface area contributed by atoms with E-state index in [4.69, 9.17) is 11.6 Å². The number of aliphatic carboxylic acids is 1. The van der Waals surface area contributed by atoms with Crippen molar-refractivity contribution in [1.82, 2.24) is 4.98 Å². The number of carboxylic acid groups (broad SMARTS) is 1. The third-order valence-electron chi connectivity index (χ3n) is 5.69. The van der Waals surface area contributed by atoms with Gasteiger partial charge in [-0.2, -0.15) is 0 Å². The molecule has 1 aromatic heterocycles. The highest BCUT2D eigenvalue weighted by molar-refractivity contribution is 9.10. The van der Waals surface area contributed by atoms with Crippen molar-refractivity contribution in [1.29, 1.82) is 0 Å². The lowest BCUT2D eigenvalue weighted by atomic mass is 9.91. The van der Waals surface area contributed by atoms with Crippen LogP contribution in [0.3, 0.4) is 0 Å². The van der Waals surface area contributed by atoms with Crippen LogP contribution in [0.5, 0.6) is 0 Å². The highest BCUT2D eigenvalue weighted by atomic mass is 79.9. The fourth-order valence-corrected chi connectivity index (χ4v) is 4.73. The van der Waals surface area contributed by atoms with Gasteiger partial charge in [0, 0.05) is 27.9 Å². The second-order valence-corrected chi connectivity index (χ2v) is 9.25. The van der Waals surface area contributed by atoms with Crippen LogP contribution in [0.2, 0.25) is 5.02 Å². The summed E-state index contributed by atoms with van der Waals surface area (Å²) in [6, 6.07) is 15.4. The maximum atomic E-state index is 13.4. The molecule has 0 radical (unpaired) electrons. The third-order valence-corrected chi connectivity index (χ3v) is 6.62. The first-order chi connectivity index (χ1) is 16.3. The van der Waals surface area contributed by atoms with Gasteiger partial charge in [0.15, 0.2) is 0 Å². The van der Waals surface area contributed by atoms with Crippen LogP contribution in [0.25, 0.3) is 0 Å². The molecule has 1 aliphatic heterocycles. The number of fused-ring (bicyclic) bond motifs is 1. The van der Waals surface area contributed by atoms with Gasteiger partial charge in [-0.05, 0) is 82.7 Å². The Morgan fingerprint density at radius 3 is 2.65 bits per heavy atom. The molecule has 2 N–H and O–H groups in total. The van der Waals surface area contributed by atoms with E-state index >= 15 is 0 Å².